The highest BCUT2D eigenvalue weighted by Crippen LogP contribution is 2.40. The first-order chi connectivity index (χ1) is 42.6. The number of aryl methyl sites for hydroxylation is 8. The zero-order chi connectivity index (χ0) is 67.2. The highest BCUT2D eigenvalue weighted by Gasteiger charge is 2.22. The number of aldehydes is 1. The van der Waals surface area contributed by atoms with E-state index in [1.807, 2.05) is 164 Å². The van der Waals surface area contributed by atoms with Crippen LogP contribution in [0.2, 0.25) is 0 Å². The zero-order valence-electron chi connectivity index (χ0n) is 51.8. The van der Waals surface area contributed by atoms with Crippen molar-refractivity contribution in [2.24, 2.45) is 22.9 Å². The fourth-order valence-electron chi connectivity index (χ4n) is 7.87. The van der Waals surface area contributed by atoms with E-state index in [0.717, 1.165) is 79.0 Å². The normalized spacial score (nSPS) is 9.82. The molecule has 0 aliphatic rings. The Morgan fingerprint density at radius 2 is 1.03 bits per heavy atom. The predicted octanol–water partition coefficient (Wildman–Crippen LogP) is 12.1. The summed E-state index contributed by atoms with van der Waals surface area (Å²) < 4.78 is 44.2. The van der Waals surface area contributed by atoms with Gasteiger partial charge in [0.2, 0.25) is 5.91 Å². The Hall–Kier alpha value is -10.4. The van der Waals surface area contributed by atoms with Crippen molar-refractivity contribution in [3.05, 3.63) is 230 Å². The summed E-state index contributed by atoms with van der Waals surface area (Å²) >= 11 is 1.90. The molecule has 3 heterocycles. The van der Waals surface area contributed by atoms with Gasteiger partial charge in [-0.1, -0.05) is 108 Å². The van der Waals surface area contributed by atoms with Crippen LogP contribution < -0.4 is 48.2 Å². The number of nitrogens with one attached hydrogen (secondary N) is 1. The van der Waals surface area contributed by atoms with Crippen LogP contribution in [-0.2, 0) is 19.2 Å². The number of nitrogens with zero attached hydrogens (tertiary/aromatic N) is 4. The molecule has 12 N–H and O–H groups in total. The first-order valence-electron chi connectivity index (χ1n) is 27.5. The summed E-state index contributed by atoms with van der Waals surface area (Å²) in [6, 6.07) is 39.5. The molecule has 472 valence electrons. The Kier molecular flexibility index (Phi) is 30.6. The van der Waals surface area contributed by atoms with Gasteiger partial charge in [0.15, 0.2) is 31.8 Å². The highest BCUT2D eigenvalue weighted by molar-refractivity contribution is 14.1. The van der Waals surface area contributed by atoms with Crippen molar-refractivity contribution in [1.82, 2.24) is 14.4 Å². The number of anilines is 3. The molecular formula is C68H75F2IN10O9. The summed E-state index contributed by atoms with van der Waals surface area (Å²) in [5.74, 6) is 0.319. The number of ether oxygens (including phenoxy) is 3. The second-order valence-electron chi connectivity index (χ2n) is 19.9. The summed E-state index contributed by atoms with van der Waals surface area (Å²) in [6.07, 6.45) is 3.17. The van der Waals surface area contributed by atoms with Gasteiger partial charge in [0.25, 0.3) is 17.7 Å². The van der Waals surface area contributed by atoms with Crippen LogP contribution in [0.1, 0.15) is 66.0 Å². The number of nitrogen functional groups attached to an aromatic ring is 1. The number of carbonyl (C=O) groups excluding carboxylic acids is 5. The Labute approximate surface area is 536 Å². The van der Waals surface area contributed by atoms with Crippen LogP contribution in [0, 0.1) is 87.4 Å². The number of rotatable bonds is 14. The van der Waals surface area contributed by atoms with E-state index in [1.165, 1.54) is 24.4 Å². The topological polar surface area (TPSA) is 310 Å². The lowest BCUT2D eigenvalue weighted by Crippen LogP contribution is -2.20. The lowest BCUT2D eigenvalue weighted by molar-refractivity contribution is -0.120. The van der Waals surface area contributed by atoms with Crippen molar-refractivity contribution in [1.29, 1.82) is 0 Å². The molecule has 0 saturated heterocycles. The van der Waals surface area contributed by atoms with Crippen molar-refractivity contribution in [2.75, 3.05) is 35.3 Å². The monoisotopic (exact) mass is 1340 g/mol. The lowest BCUT2D eigenvalue weighted by Gasteiger charge is -2.16. The minimum atomic E-state index is -0.571. The van der Waals surface area contributed by atoms with Gasteiger partial charge in [0.05, 0.1) is 22.8 Å². The Bertz CT molecular complexity index is 3870. The van der Waals surface area contributed by atoms with Gasteiger partial charge in [-0.15, -0.1) is 0 Å². The lowest BCUT2D eigenvalue weighted by atomic mass is 10.0. The van der Waals surface area contributed by atoms with Gasteiger partial charge in [0.1, 0.15) is 57.6 Å². The van der Waals surface area contributed by atoms with Crippen LogP contribution in [-0.4, -0.2) is 73.6 Å². The number of para-hydroxylation sites is 2. The minimum Gasteiger partial charge on any atom is -0.508 e. The number of carbonyl (C=O) groups is 5. The third-order valence-electron chi connectivity index (χ3n) is 12.9. The third kappa shape index (κ3) is 24.0. The number of phenols is 1. The summed E-state index contributed by atoms with van der Waals surface area (Å²) in [7, 11) is 0. The number of fused-ring (bicyclic) bond motifs is 1. The standard InChI is InChI=1S/C24H23FN4O2.C10H11NO3.C10H13NO2.C9H9N.C8H10O.C5H5FN2.C2H4INO/c1-14-6-5-9-18(31-13-19(26)30)21(14)23-24(28-22-15(2)7-4-8-16(22)3)29-12-17(25)10-11-20(29)27-23;1-7-3-2-4-9(8(7)5-12)14-6-10(11)13;1-7-4-3-5-9(8(7)2)13-6-10(11)12;1-7-5-4-6-8(2)9(7)10-3;1-6-4-3-5-8(9)7(6)2;6-4-1-2-5(7)8-3-4;3-1-2(4)5/h4-12,28H,13H2,1-3H3,(H2,26,30);2-5H,6H2,1H3,(H2,11,13);3-5H,6H2,1-2H3,(H2,11,12);4-6H,1-2H3;3-5,9H,1-2H3;1-3H,(H2,7,8);1H2,(H2,4,5). The van der Waals surface area contributed by atoms with E-state index in [2.05, 4.69) is 20.9 Å². The van der Waals surface area contributed by atoms with Gasteiger partial charge in [-0.3, -0.25) is 28.4 Å². The van der Waals surface area contributed by atoms with Gasteiger partial charge in [-0.25, -0.2) is 23.6 Å². The van der Waals surface area contributed by atoms with Crippen LogP contribution in [0.25, 0.3) is 21.7 Å². The van der Waals surface area contributed by atoms with Gasteiger partial charge < -0.3 is 53.3 Å². The van der Waals surface area contributed by atoms with Crippen molar-refractivity contribution >= 4 is 81.2 Å². The number of primary amides is 4. The molecule has 0 aliphatic carbocycles. The molecule has 0 radical (unpaired) electrons. The van der Waals surface area contributed by atoms with Crippen molar-refractivity contribution < 1.29 is 52.1 Å². The maximum atomic E-state index is 14.1. The molecule has 19 nitrogen and oxygen atoms in total. The number of aromatic nitrogens is 3. The molecule has 4 amide bonds. The largest absolute Gasteiger partial charge is 0.508 e. The van der Waals surface area contributed by atoms with E-state index in [1.54, 1.807) is 47.7 Å². The molecule has 3 aromatic heterocycles. The number of imidazole rings is 1. The van der Waals surface area contributed by atoms with Gasteiger partial charge >= 0.3 is 0 Å². The highest BCUT2D eigenvalue weighted by atomic mass is 127. The second-order valence-corrected chi connectivity index (χ2v) is 20.6. The molecule has 9 aromatic rings. The molecule has 0 saturated carbocycles. The number of nitrogens with two attached hydrogens (primary N) is 5. The molecule has 0 spiro atoms. The number of halogens is 3. The maximum Gasteiger partial charge on any atom is 0.255 e. The van der Waals surface area contributed by atoms with Gasteiger partial charge in [-0.2, -0.15) is 0 Å². The van der Waals surface area contributed by atoms with Crippen LogP contribution in [0.4, 0.5) is 31.8 Å². The van der Waals surface area contributed by atoms with E-state index in [0.29, 0.717) is 62.1 Å². The van der Waals surface area contributed by atoms with Crippen molar-refractivity contribution in [3.63, 3.8) is 0 Å². The molecule has 0 unspecified atom stereocenters. The molecule has 6 aromatic carbocycles. The Morgan fingerprint density at radius 3 is 1.50 bits per heavy atom. The van der Waals surface area contributed by atoms with Crippen molar-refractivity contribution in [3.8, 4) is 34.3 Å². The molecule has 0 bridgehead atoms. The van der Waals surface area contributed by atoms with Crippen LogP contribution >= 0.6 is 22.6 Å². The summed E-state index contributed by atoms with van der Waals surface area (Å²) in [6.45, 7) is 25.8. The number of aromatic hydroxyl groups is 1. The number of alkyl halides is 1. The third-order valence-corrected chi connectivity index (χ3v) is 13.6. The van der Waals surface area contributed by atoms with E-state index in [-0.39, 0.29) is 37.4 Å². The maximum absolute atomic E-state index is 14.1. The predicted molar refractivity (Wildman–Crippen MR) is 358 cm³/mol. The van der Waals surface area contributed by atoms with E-state index < -0.39 is 17.7 Å². The minimum absolute atomic E-state index is 0.0652. The number of amides is 4. The summed E-state index contributed by atoms with van der Waals surface area (Å²) in [5, 5.41) is 12.6. The molecule has 22 heteroatoms. The fourth-order valence-corrected chi connectivity index (χ4v) is 7.87. The molecule has 0 atom stereocenters. The van der Waals surface area contributed by atoms with Gasteiger partial charge in [0, 0.05) is 17.4 Å². The second kappa shape index (κ2) is 37.3. The van der Waals surface area contributed by atoms with Gasteiger partial charge in [-0.05, 0) is 173 Å². The van der Waals surface area contributed by atoms with E-state index in [4.69, 9.17) is 53.8 Å². The average molecular weight is 1340 g/mol. The average Bonchev–Trinajstić information content (AvgIpc) is 1.72. The quantitative estimate of drug-likeness (QED) is 0.0231. The Morgan fingerprint density at radius 1 is 0.589 bits per heavy atom. The van der Waals surface area contributed by atoms with Crippen LogP contribution in [0.5, 0.6) is 23.0 Å². The first-order valence-corrected chi connectivity index (χ1v) is 29.0. The SMILES string of the molecule is Cc1cccc(C)c1Nc1c(-c2c(C)cccc2OCC(N)=O)nc2ccc(F)cn12.Cc1cccc(O)c1C.Cc1cccc(OCC(N)=O)c1C.Cc1cccc(OCC(N)=O)c1C=O.NC(=O)CI.Nc1ccc(F)cn1.[C-]#[N+]c1c(C)cccc1C. The van der Waals surface area contributed by atoms with Crippen LogP contribution in [0.15, 0.2) is 146 Å². The number of pyridine rings is 2. The zero-order valence-corrected chi connectivity index (χ0v) is 53.9. The molecule has 0 aliphatic heterocycles. The number of benzene rings is 6. The first kappa shape index (κ1) is 73.8. The summed E-state index contributed by atoms with van der Waals surface area (Å²) in [5.41, 5.74) is 39.2. The van der Waals surface area contributed by atoms with Crippen LogP contribution in [0.3, 0.4) is 0 Å². The Balaban J connectivity index is 0.000000301. The molecule has 90 heavy (non-hydrogen) atoms. The molecule has 0 fully saturated rings. The molecular weight excluding hydrogens is 1270 g/mol. The van der Waals surface area contributed by atoms with Crippen molar-refractivity contribution in [2.45, 2.75) is 69.2 Å². The fraction of sp³-hybridized carbons (Fsp3) is 0.206. The number of phenolic OH excluding ortho intramolecular Hbond substituents is 1. The molecule has 9 rings (SSSR count). The number of hydrogen-bond acceptors (Lipinski definition) is 13. The van der Waals surface area contributed by atoms with E-state index in [9.17, 15) is 32.8 Å². The summed E-state index contributed by atoms with van der Waals surface area (Å²) in [4.78, 5) is 64.2. The van der Waals surface area contributed by atoms with E-state index >= 15 is 0 Å². The smallest absolute Gasteiger partial charge is 0.255 e. The number of hydrogen-bond donors (Lipinski definition) is 7.